The molecule has 0 aromatic heterocycles. The van der Waals surface area contributed by atoms with Crippen LogP contribution in [0.5, 0.6) is 5.75 Å². The maximum atomic E-state index is 12.7. The minimum Gasteiger partial charge on any atom is -0.507 e. The van der Waals surface area contributed by atoms with Crippen LogP contribution in [0.1, 0.15) is 27.0 Å². The Kier molecular flexibility index (Phi) is 3.09. The fraction of sp³-hybridized carbons (Fsp3) is 0.235. The fourth-order valence-electron chi connectivity index (χ4n) is 2.76. The molecule has 0 saturated carbocycles. The molecule has 0 unspecified atom stereocenters. The first kappa shape index (κ1) is 13.5. The van der Waals surface area contributed by atoms with Crippen LogP contribution in [0.2, 0.25) is 0 Å². The van der Waals surface area contributed by atoms with Crippen molar-refractivity contribution in [1.29, 1.82) is 0 Å². The Morgan fingerprint density at radius 1 is 1.24 bits per heavy atom. The van der Waals surface area contributed by atoms with Gasteiger partial charge in [0.2, 0.25) is 0 Å². The number of anilines is 2. The standard InChI is InChI=1S/C17H18N2O2/c1-10-4-3-5-13(16(10)20)17(21)19-7-6-12-8-11(2)14(18)9-15(12)19/h3-5,8-9,20H,6-7,18H2,1-2H3. The summed E-state index contributed by atoms with van der Waals surface area (Å²) in [5.41, 5.74) is 10.7. The van der Waals surface area contributed by atoms with Crippen molar-refractivity contribution >= 4 is 17.3 Å². The lowest BCUT2D eigenvalue weighted by molar-refractivity contribution is 0.0986. The second kappa shape index (κ2) is 4.81. The van der Waals surface area contributed by atoms with E-state index in [0.717, 1.165) is 23.2 Å². The molecule has 4 heteroatoms. The van der Waals surface area contributed by atoms with E-state index < -0.39 is 0 Å². The number of rotatable bonds is 1. The molecule has 0 aliphatic carbocycles. The van der Waals surface area contributed by atoms with Crippen molar-refractivity contribution in [3.63, 3.8) is 0 Å². The average Bonchev–Trinajstić information content (AvgIpc) is 2.84. The smallest absolute Gasteiger partial charge is 0.262 e. The van der Waals surface area contributed by atoms with Crippen LogP contribution >= 0.6 is 0 Å². The van der Waals surface area contributed by atoms with Crippen molar-refractivity contribution in [3.05, 3.63) is 52.6 Å². The number of carbonyl (C=O) groups excluding carboxylic acids is 1. The van der Waals surface area contributed by atoms with Crippen LogP contribution in [0, 0.1) is 13.8 Å². The summed E-state index contributed by atoms with van der Waals surface area (Å²) < 4.78 is 0. The summed E-state index contributed by atoms with van der Waals surface area (Å²) in [6.45, 7) is 4.36. The number of nitrogens with zero attached hydrogens (tertiary/aromatic N) is 1. The number of benzene rings is 2. The van der Waals surface area contributed by atoms with Crippen LogP contribution in [0.3, 0.4) is 0 Å². The van der Waals surface area contributed by atoms with Crippen molar-refractivity contribution < 1.29 is 9.90 Å². The van der Waals surface area contributed by atoms with E-state index in [1.807, 2.05) is 19.1 Å². The molecule has 0 saturated heterocycles. The van der Waals surface area contributed by atoms with Gasteiger partial charge >= 0.3 is 0 Å². The second-order valence-electron chi connectivity index (χ2n) is 5.52. The van der Waals surface area contributed by atoms with E-state index in [9.17, 15) is 9.90 Å². The number of nitrogens with two attached hydrogens (primary N) is 1. The highest BCUT2D eigenvalue weighted by Gasteiger charge is 2.28. The van der Waals surface area contributed by atoms with Gasteiger partial charge in [-0.2, -0.15) is 0 Å². The van der Waals surface area contributed by atoms with E-state index in [4.69, 9.17) is 5.73 Å². The molecule has 0 atom stereocenters. The highest BCUT2D eigenvalue weighted by Crippen LogP contribution is 2.34. The van der Waals surface area contributed by atoms with Crippen LogP contribution in [0.15, 0.2) is 30.3 Å². The number of hydrogen-bond acceptors (Lipinski definition) is 3. The molecule has 0 bridgehead atoms. The number of phenolic OH excluding ortho intramolecular Hbond substituents is 1. The lowest BCUT2D eigenvalue weighted by atomic mass is 10.1. The Morgan fingerprint density at radius 2 is 2.00 bits per heavy atom. The van der Waals surface area contributed by atoms with Gasteiger partial charge in [-0.15, -0.1) is 0 Å². The first-order valence-electron chi connectivity index (χ1n) is 6.98. The highest BCUT2D eigenvalue weighted by molar-refractivity contribution is 6.09. The number of aromatic hydroxyl groups is 1. The topological polar surface area (TPSA) is 66.6 Å². The first-order chi connectivity index (χ1) is 9.99. The molecule has 21 heavy (non-hydrogen) atoms. The van der Waals surface area contributed by atoms with Crippen molar-refractivity contribution in [3.8, 4) is 5.75 Å². The molecule has 3 rings (SSSR count). The van der Waals surface area contributed by atoms with Gasteiger partial charge in [-0.1, -0.05) is 18.2 Å². The van der Waals surface area contributed by atoms with Gasteiger partial charge in [0.25, 0.3) is 5.91 Å². The molecule has 4 nitrogen and oxygen atoms in total. The highest BCUT2D eigenvalue weighted by atomic mass is 16.3. The van der Waals surface area contributed by atoms with E-state index in [-0.39, 0.29) is 11.7 Å². The largest absolute Gasteiger partial charge is 0.507 e. The Bertz CT molecular complexity index is 738. The summed E-state index contributed by atoms with van der Waals surface area (Å²) >= 11 is 0. The molecule has 0 spiro atoms. The van der Waals surface area contributed by atoms with E-state index >= 15 is 0 Å². The van der Waals surface area contributed by atoms with E-state index in [2.05, 4.69) is 0 Å². The Hall–Kier alpha value is -2.49. The number of carbonyl (C=O) groups is 1. The Labute approximate surface area is 123 Å². The zero-order chi connectivity index (χ0) is 15.1. The van der Waals surface area contributed by atoms with Crippen molar-refractivity contribution in [2.75, 3.05) is 17.2 Å². The zero-order valence-electron chi connectivity index (χ0n) is 12.2. The second-order valence-corrected chi connectivity index (χ2v) is 5.52. The van der Waals surface area contributed by atoms with Gasteiger partial charge in [0.05, 0.1) is 5.56 Å². The van der Waals surface area contributed by atoms with Crippen LogP contribution in [-0.4, -0.2) is 17.6 Å². The Morgan fingerprint density at radius 3 is 2.76 bits per heavy atom. The lowest BCUT2D eigenvalue weighted by Gasteiger charge is -2.19. The number of nitrogen functional groups attached to an aromatic ring is 1. The first-order valence-corrected chi connectivity index (χ1v) is 6.98. The molecular weight excluding hydrogens is 264 g/mol. The van der Waals surface area contributed by atoms with E-state index in [0.29, 0.717) is 23.4 Å². The van der Waals surface area contributed by atoms with Gasteiger partial charge in [0.1, 0.15) is 5.75 Å². The number of amides is 1. The predicted octanol–water partition coefficient (Wildman–Crippen LogP) is 2.79. The summed E-state index contributed by atoms with van der Waals surface area (Å²) in [5.74, 6) is -0.130. The van der Waals surface area contributed by atoms with Crippen molar-refractivity contribution in [2.24, 2.45) is 0 Å². The molecule has 1 heterocycles. The summed E-state index contributed by atoms with van der Waals surface area (Å²) in [5, 5.41) is 10.1. The molecule has 1 aliphatic heterocycles. The lowest BCUT2D eigenvalue weighted by Crippen LogP contribution is -2.29. The van der Waals surface area contributed by atoms with E-state index in [1.165, 1.54) is 0 Å². The summed E-state index contributed by atoms with van der Waals surface area (Å²) in [6, 6.07) is 9.10. The minimum atomic E-state index is -0.182. The normalized spacial score (nSPS) is 13.3. The van der Waals surface area contributed by atoms with Gasteiger partial charge in [0.15, 0.2) is 0 Å². The third kappa shape index (κ3) is 2.13. The molecule has 108 valence electrons. The summed E-state index contributed by atoms with van der Waals surface area (Å²) in [7, 11) is 0. The molecule has 2 aromatic rings. The van der Waals surface area contributed by atoms with Crippen molar-refractivity contribution in [2.45, 2.75) is 20.3 Å². The third-order valence-electron chi connectivity index (χ3n) is 4.08. The third-order valence-corrected chi connectivity index (χ3v) is 4.08. The predicted molar refractivity (Wildman–Crippen MR) is 83.8 cm³/mol. The van der Waals surface area contributed by atoms with Gasteiger partial charge in [0, 0.05) is 17.9 Å². The monoisotopic (exact) mass is 282 g/mol. The molecule has 0 radical (unpaired) electrons. The molecule has 1 aliphatic rings. The molecule has 2 aromatic carbocycles. The van der Waals surface area contributed by atoms with Crippen LogP contribution < -0.4 is 10.6 Å². The maximum absolute atomic E-state index is 12.7. The SMILES string of the molecule is Cc1cc2c(cc1N)N(C(=O)c1cccc(C)c1O)CC2. The number of phenols is 1. The maximum Gasteiger partial charge on any atom is 0.262 e. The van der Waals surface area contributed by atoms with Gasteiger partial charge < -0.3 is 15.7 Å². The number of aryl methyl sites for hydroxylation is 2. The molecular formula is C17H18N2O2. The number of hydrogen-bond donors (Lipinski definition) is 2. The summed E-state index contributed by atoms with van der Waals surface area (Å²) in [6.07, 6.45) is 0.814. The Balaban J connectivity index is 2.03. The van der Waals surface area contributed by atoms with Gasteiger partial charge in [-0.3, -0.25) is 4.79 Å². The average molecular weight is 282 g/mol. The quantitative estimate of drug-likeness (QED) is 0.790. The molecule has 3 N–H and O–H groups in total. The van der Waals surface area contributed by atoms with Gasteiger partial charge in [-0.05, 0) is 49.1 Å². The van der Waals surface area contributed by atoms with Crippen molar-refractivity contribution in [1.82, 2.24) is 0 Å². The molecule has 0 fully saturated rings. The molecule has 1 amide bonds. The van der Waals surface area contributed by atoms with Gasteiger partial charge in [-0.25, -0.2) is 0 Å². The van der Waals surface area contributed by atoms with Crippen LogP contribution in [-0.2, 0) is 6.42 Å². The summed E-state index contributed by atoms with van der Waals surface area (Å²) in [4.78, 5) is 14.4. The zero-order valence-corrected chi connectivity index (χ0v) is 12.2. The van der Waals surface area contributed by atoms with Crippen LogP contribution in [0.4, 0.5) is 11.4 Å². The number of para-hydroxylation sites is 1. The van der Waals surface area contributed by atoms with E-state index in [1.54, 1.807) is 30.0 Å². The minimum absolute atomic E-state index is 0.0519. The fourth-order valence-corrected chi connectivity index (χ4v) is 2.76. The van der Waals surface area contributed by atoms with Crippen LogP contribution in [0.25, 0.3) is 0 Å². The number of fused-ring (bicyclic) bond motifs is 1.